The van der Waals surface area contributed by atoms with Crippen molar-refractivity contribution in [1.29, 1.82) is 0 Å². The molecule has 0 N–H and O–H groups in total. The maximum atomic E-state index is 15.3. The molecule has 1 fully saturated rings. The maximum absolute atomic E-state index is 15.3. The van der Waals surface area contributed by atoms with Crippen LogP contribution in [0.4, 0.5) is 13.6 Å². The Morgan fingerprint density at radius 1 is 1.35 bits per heavy atom. The van der Waals surface area contributed by atoms with Crippen molar-refractivity contribution in [3.05, 3.63) is 26.9 Å². The topological polar surface area (TPSA) is 38.8 Å². The fourth-order valence-corrected chi connectivity index (χ4v) is 3.42. The van der Waals surface area contributed by atoms with Gasteiger partial charge in [-0.15, -0.1) is 0 Å². The van der Waals surface area contributed by atoms with Crippen molar-refractivity contribution in [2.45, 2.75) is 57.8 Å². The minimum Gasteiger partial charge on any atom is -0.489 e. The monoisotopic (exact) mass is 497 g/mol. The highest BCUT2D eigenvalue weighted by Crippen LogP contribution is 2.34. The summed E-state index contributed by atoms with van der Waals surface area (Å²) in [7, 11) is 0. The van der Waals surface area contributed by atoms with E-state index in [1.165, 1.54) is 17.0 Å². The number of alkyl halides is 1. The summed E-state index contributed by atoms with van der Waals surface area (Å²) >= 11 is 6.29. The molecule has 2 atom stereocenters. The van der Waals surface area contributed by atoms with E-state index in [-0.39, 0.29) is 30.1 Å². The van der Waals surface area contributed by atoms with Gasteiger partial charge in [0.25, 0.3) is 0 Å². The molecule has 1 aliphatic heterocycles. The van der Waals surface area contributed by atoms with E-state index in [0.29, 0.717) is 16.6 Å². The quantitative estimate of drug-likeness (QED) is 0.490. The highest BCUT2D eigenvalue weighted by molar-refractivity contribution is 9.11. The van der Waals surface area contributed by atoms with E-state index in [1.54, 1.807) is 20.8 Å². The third kappa shape index (κ3) is 5.55. The Labute approximate surface area is 169 Å². The first kappa shape index (κ1) is 21.4. The number of halogens is 4. The first-order valence-electron chi connectivity index (χ1n) is 8.36. The van der Waals surface area contributed by atoms with Gasteiger partial charge in [-0.3, -0.25) is 0 Å². The molecule has 8 heteroatoms. The average Bonchev–Trinajstić information content (AvgIpc) is 2.51. The molecule has 2 rings (SSSR count). The largest absolute Gasteiger partial charge is 0.489 e. The Hall–Kier alpha value is -0.890. The molecule has 0 saturated carbocycles. The number of amides is 1. The number of ether oxygens (including phenoxy) is 2. The first-order valence-corrected chi connectivity index (χ1v) is 9.95. The molecule has 0 radical (unpaired) electrons. The minimum atomic E-state index is -1.70. The van der Waals surface area contributed by atoms with Gasteiger partial charge in [0.1, 0.15) is 23.8 Å². The zero-order valence-corrected chi connectivity index (χ0v) is 18.4. The standard InChI is InChI=1S/C18H23Br2F2NO3/c1-11-5-6-18(22,9-23(11)16(24)26-17(2,3)4)10-25-15-8-12(19)14(21)7-13(15)20/h7-8,11H,5-6,9-10H2,1-4H3/t11?,18-/m0/s1. The Balaban J connectivity index is 2.07. The second-order valence-electron chi connectivity index (χ2n) is 7.63. The van der Waals surface area contributed by atoms with Crippen molar-refractivity contribution >= 4 is 38.0 Å². The second-order valence-corrected chi connectivity index (χ2v) is 9.34. The molecule has 1 aliphatic rings. The summed E-state index contributed by atoms with van der Waals surface area (Å²) in [6, 6.07) is 2.58. The van der Waals surface area contributed by atoms with Crippen LogP contribution >= 0.6 is 31.9 Å². The molecule has 1 aromatic rings. The lowest BCUT2D eigenvalue weighted by Crippen LogP contribution is -2.55. The first-order chi connectivity index (χ1) is 11.9. The van der Waals surface area contributed by atoms with Crippen molar-refractivity contribution in [2.75, 3.05) is 13.2 Å². The Bertz CT molecular complexity index is 681. The van der Waals surface area contributed by atoms with Gasteiger partial charge in [-0.25, -0.2) is 13.6 Å². The second kappa shape index (κ2) is 8.00. The van der Waals surface area contributed by atoms with Crippen molar-refractivity contribution < 1.29 is 23.0 Å². The Morgan fingerprint density at radius 2 is 2.00 bits per heavy atom. The van der Waals surface area contributed by atoms with Crippen LogP contribution < -0.4 is 4.74 Å². The third-order valence-electron chi connectivity index (χ3n) is 4.09. The molecule has 26 heavy (non-hydrogen) atoms. The van der Waals surface area contributed by atoms with Gasteiger partial charge in [0.15, 0.2) is 5.67 Å². The Morgan fingerprint density at radius 3 is 2.62 bits per heavy atom. The number of piperidine rings is 1. The molecule has 1 amide bonds. The summed E-state index contributed by atoms with van der Waals surface area (Å²) in [4.78, 5) is 13.8. The van der Waals surface area contributed by atoms with E-state index < -0.39 is 23.2 Å². The van der Waals surface area contributed by atoms with Gasteiger partial charge in [0.2, 0.25) is 0 Å². The van der Waals surface area contributed by atoms with Crippen LogP contribution in [0, 0.1) is 5.82 Å². The summed E-state index contributed by atoms with van der Waals surface area (Å²) in [5, 5.41) is 0. The minimum absolute atomic E-state index is 0.108. The molecule has 1 saturated heterocycles. The molecular weight excluding hydrogens is 476 g/mol. The molecule has 146 valence electrons. The van der Waals surface area contributed by atoms with Crippen LogP contribution in [0.1, 0.15) is 40.5 Å². The van der Waals surface area contributed by atoms with Crippen LogP contribution in [0.15, 0.2) is 21.1 Å². The van der Waals surface area contributed by atoms with Crippen molar-refractivity contribution in [2.24, 2.45) is 0 Å². The normalized spacial score (nSPS) is 23.7. The summed E-state index contributed by atoms with van der Waals surface area (Å²) in [5.74, 6) is -0.112. The average molecular weight is 499 g/mol. The molecule has 0 aromatic heterocycles. The van der Waals surface area contributed by atoms with E-state index in [4.69, 9.17) is 9.47 Å². The van der Waals surface area contributed by atoms with E-state index >= 15 is 4.39 Å². The SMILES string of the molecule is CC1CC[C@@](F)(COc2cc(Br)c(F)cc2Br)CN1C(=O)OC(C)(C)C. The smallest absolute Gasteiger partial charge is 0.410 e. The van der Waals surface area contributed by atoms with Gasteiger partial charge in [0, 0.05) is 6.04 Å². The van der Waals surface area contributed by atoms with Gasteiger partial charge >= 0.3 is 6.09 Å². The fourth-order valence-electron chi connectivity index (χ4n) is 2.67. The number of carbonyl (C=O) groups excluding carboxylic acids is 1. The van der Waals surface area contributed by atoms with Gasteiger partial charge in [0.05, 0.1) is 15.5 Å². The van der Waals surface area contributed by atoms with Gasteiger partial charge in [-0.1, -0.05) is 0 Å². The third-order valence-corrected chi connectivity index (χ3v) is 5.31. The van der Waals surface area contributed by atoms with Gasteiger partial charge in [-0.2, -0.15) is 0 Å². The van der Waals surface area contributed by atoms with Crippen molar-refractivity contribution in [1.82, 2.24) is 4.90 Å². The number of hydrogen-bond donors (Lipinski definition) is 0. The Kier molecular flexibility index (Phi) is 6.59. The molecule has 1 unspecified atom stereocenters. The van der Waals surface area contributed by atoms with Gasteiger partial charge in [-0.05, 0) is 84.5 Å². The fraction of sp³-hybridized carbons (Fsp3) is 0.611. The lowest BCUT2D eigenvalue weighted by Gasteiger charge is -2.41. The number of benzene rings is 1. The molecule has 1 heterocycles. The number of likely N-dealkylation sites (tertiary alicyclic amines) is 1. The zero-order chi connectivity index (χ0) is 19.7. The van der Waals surface area contributed by atoms with Crippen molar-refractivity contribution in [3.63, 3.8) is 0 Å². The molecule has 0 spiro atoms. The van der Waals surface area contributed by atoms with Crippen LogP contribution in [-0.2, 0) is 4.74 Å². The summed E-state index contributed by atoms with van der Waals surface area (Å²) < 4.78 is 40.4. The van der Waals surface area contributed by atoms with Crippen LogP contribution in [-0.4, -0.2) is 41.5 Å². The zero-order valence-electron chi connectivity index (χ0n) is 15.2. The van der Waals surface area contributed by atoms with E-state index in [0.717, 1.165) is 0 Å². The highest BCUT2D eigenvalue weighted by atomic mass is 79.9. The molecule has 1 aromatic carbocycles. The van der Waals surface area contributed by atoms with E-state index in [1.807, 2.05) is 6.92 Å². The number of carbonyl (C=O) groups is 1. The van der Waals surface area contributed by atoms with E-state index in [2.05, 4.69) is 31.9 Å². The summed E-state index contributed by atoms with van der Waals surface area (Å²) in [5.41, 5.74) is -2.35. The van der Waals surface area contributed by atoms with Gasteiger partial charge < -0.3 is 14.4 Å². The number of nitrogens with zero attached hydrogens (tertiary/aromatic N) is 1. The summed E-state index contributed by atoms with van der Waals surface area (Å²) in [6.07, 6.45) is 0.248. The molecule has 0 aliphatic carbocycles. The van der Waals surface area contributed by atoms with Crippen LogP contribution in [0.25, 0.3) is 0 Å². The summed E-state index contributed by atoms with van der Waals surface area (Å²) in [6.45, 7) is 6.84. The number of rotatable bonds is 3. The predicted molar refractivity (Wildman–Crippen MR) is 103 cm³/mol. The predicted octanol–water partition coefficient (Wildman–Crippen LogP) is 5.86. The van der Waals surface area contributed by atoms with Crippen molar-refractivity contribution in [3.8, 4) is 5.75 Å². The van der Waals surface area contributed by atoms with E-state index in [9.17, 15) is 9.18 Å². The lowest BCUT2D eigenvalue weighted by molar-refractivity contribution is -0.0346. The molecule has 0 bridgehead atoms. The highest BCUT2D eigenvalue weighted by Gasteiger charge is 2.42. The molecule has 4 nitrogen and oxygen atoms in total. The van der Waals surface area contributed by atoms with Crippen LogP contribution in [0.5, 0.6) is 5.75 Å². The number of hydrogen-bond acceptors (Lipinski definition) is 3. The van der Waals surface area contributed by atoms with Crippen LogP contribution in [0.2, 0.25) is 0 Å². The lowest BCUT2D eigenvalue weighted by atomic mass is 9.91. The molecular formula is C18H23Br2F2NO3. The van der Waals surface area contributed by atoms with Crippen LogP contribution in [0.3, 0.4) is 0 Å². The maximum Gasteiger partial charge on any atom is 0.410 e.